The fourth-order valence-electron chi connectivity index (χ4n) is 2.01. The predicted octanol–water partition coefficient (Wildman–Crippen LogP) is 3.48. The zero-order valence-electron chi connectivity index (χ0n) is 11.9. The van der Waals surface area contributed by atoms with Crippen molar-refractivity contribution in [2.24, 2.45) is 0 Å². The Kier molecular flexibility index (Phi) is 4.10. The second-order valence-electron chi connectivity index (χ2n) is 5.05. The molecule has 0 bridgehead atoms. The van der Waals surface area contributed by atoms with Crippen molar-refractivity contribution in [3.8, 4) is 0 Å². The summed E-state index contributed by atoms with van der Waals surface area (Å²) in [5.74, 6) is 1.24. The van der Waals surface area contributed by atoms with Crippen LogP contribution in [0.5, 0.6) is 0 Å². The molecule has 0 aliphatic carbocycles. The second-order valence-corrected chi connectivity index (χ2v) is 5.05. The Morgan fingerprint density at radius 3 is 2.58 bits per heavy atom. The van der Waals surface area contributed by atoms with Crippen LogP contribution in [0, 0.1) is 6.92 Å². The third-order valence-corrected chi connectivity index (χ3v) is 3.10. The number of aryl methyl sites for hydroxylation is 1. The average Bonchev–Trinajstić information content (AvgIpc) is 2.39. The van der Waals surface area contributed by atoms with Crippen molar-refractivity contribution in [1.82, 2.24) is 15.0 Å². The molecule has 0 radical (unpaired) electrons. The van der Waals surface area contributed by atoms with E-state index >= 15 is 0 Å². The molecule has 0 aromatic carbocycles. The minimum absolute atomic E-state index is 0.121. The Labute approximate surface area is 114 Å². The summed E-state index contributed by atoms with van der Waals surface area (Å²) in [6, 6.07) is 6.14. The van der Waals surface area contributed by atoms with Gasteiger partial charge in [-0.1, -0.05) is 19.9 Å². The van der Waals surface area contributed by atoms with Gasteiger partial charge in [0, 0.05) is 18.0 Å². The van der Waals surface area contributed by atoms with Crippen molar-refractivity contribution < 1.29 is 0 Å². The number of aromatic nitrogens is 3. The first-order valence-electron chi connectivity index (χ1n) is 6.58. The Morgan fingerprint density at radius 2 is 1.89 bits per heavy atom. The minimum Gasteiger partial charge on any atom is -0.362 e. The predicted molar refractivity (Wildman–Crippen MR) is 77.1 cm³/mol. The lowest BCUT2D eigenvalue weighted by Crippen LogP contribution is -2.11. The van der Waals surface area contributed by atoms with Gasteiger partial charge in [-0.05, 0) is 31.4 Å². The summed E-state index contributed by atoms with van der Waals surface area (Å²) in [6.45, 7) is 8.41. The highest BCUT2D eigenvalue weighted by atomic mass is 15.0. The van der Waals surface area contributed by atoms with Crippen LogP contribution in [-0.4, -0.2) is 15.0 Å². The quantitative estimate of drug-likeness (QED) is 0.910. The van der Waals surface area contributed by atoms with Crippen LogP contribution in [0.2, 0.25) is 0 Å². The normalized spacial score (nSPS) is 12.5. The molecule has 2 heterocycles. The SMILES string of the molecule is Cc1cccnc1[C@H](C)Nc1cc(C(C)C)ncn1. The van der Waals surface area contributed by atoms with Crippen molar-refractivity contribution in [3.05, 3.63) is 47.7 Å². The molecule has 2 aromatic rings. The summed E-state index contributed by atoms with van der Waals surface area (Å²) in [5, 5.41) is 3.38. The van der Waals surface area contributed by atoms with Gasteiger partial charge < -0.3 is 5.32 Å². The maximum Gasteiger partial charge on any atom is 0.130 e. The van der Waals surface area contributed by atoms with Crippen molar-refractivity contribution in [2.45, 2.75) is 39.7 Å². The van der Waals surface area contributed by atoms with Gasteiger partial charge in [0.05, 0.1) is 11.7 Å². The smallest absolute Gasteiger partial charge is 0.130 e. The highest BCUT2D eigenvalue weighted by Crippen LogP contribution is 2.20. The number of nitrogens with one attached hydrogen (secondary N) is 1. The lowest BCUT2D eigenvalue weighted by atomic mass is 10.1. The first-order chi connectivity index (χ1) is 9.08. The molecule has 0 fully saturated rings. The second kappa shape index (κ2) is 5.78. The fourth-order valence-corrected chi connectivity index (χ4v) is 2.01. The Morgan fingerprint density at radius 1 is 1.11 bits per heavy atom. The first kappa shape index (κ1) is 13.5. The molecular weight excluding hydrogens is 236 g/mol. The molecule has 100 valence electrons. The number of nitrogens with zero attached hydrogens (tertiary/aromatic N) is 3. The third-order valence-electron chi connectivity index (χ3n) is 3.10. The van der Waals surface area contributed by atoms with E-state index in [4.69, 9.17) is 0 Å². The largest absolute Gasteiger partial charge is 0.362 e. The minimum atomic E-state index is 0.121. The maximum atomic E-state index is 4.43. The van der Waals surface area contributed by atoms with Crippen LogP contribution in [0.3, 0.4) is 0 Å². The number of hydrogen-bond donors (Lipinski definition) is 1. The van der Waals surface area contributed by atoms with Crippen molar-refractivity contribution in [3.63, 3.8) is 0 Å². The lowest BCUT2D eigenvalue weighted by Gasteiger charge is -2.16. The van der Waals surface area contributed by atoms with E-state index in [9.17, 15) is 0 Å². The zero-order chi connectivity index (χ0) is 13.8. The monoisotopic (exact) mass is 256 g/mol. The summed E-state index contributed by atoms with van der Waals surface area (Å²) in [7, 11) is 0. The van der Waals surface area contributed by atoms with Gasteiger partial charge in [0.1, 0.15) is 12.1 Å². The van der Waals surface area contributed by atoms with Crippen LogP contribution in [0.1, 0.15) is 49.7 Å². The molecule has 4 nitrogen and oxygen atoms in total. The third kappa shape index (κ3) is 3.28. The molecule has 0 unspecified atom stereocenters. The highest BCUT2D eigenvalue weighted by Gasteiger charge is 2.11. The molecule has 0 aliphatic heterocycles. The van der Waals surface area contributed by atoms with E-state index in [1.165, 1.54) is 5.56 Å². The van der Waals surface area contributed by atoms with E-state index in [0.29, 0.717) is 5.92 Å². The summed E-state index contributed by atoms with van der Waals surface area (Å²) in [4.78, 5) is 13.0. The van der Waals surface area contributed by atoms with Gasteiger partial charge in [0.25, 0.3) is 0 Å². The van der Waals surface area contributed by atoms with E-state index in [1.807, 2.05) is 18.3 Å². The molecule has 2 rings (SSSR count). The number of hydrogen-bond acceptors (Lipinski definition) is 4. The van der Waals surface area contributed by atoms with E-state index in [-0.39, 0.29) is 6.04 Å². The molecule has 0 spiro atoms. The van der Waals surface area contributed by atoms with Gasteiger partial charge in [-0.2, -0.15) is 0 Å². The van der Waals surface area contributed by atoms with E-state index in [0.717, 1.165) is 17.2 Å². The first-order valence-corrected chi connectivity index (χ1v) is 6.58. The van der Waals surface area contributed by atoms with Crippen molar-refractivity contribution in [2.75, 3.05) is 5.32 Å². The van der Waals surface area contributed by atoms with Gasteiger partial charge >= 0.3 is 0 Å². The molecule has 2 aromatic heterocycles. The molecule has 0 saturated heterocycles. The molecule has 0 aliphatic rings. The van der Waals surface area contributed by atoms with Crippen LogP contribution in [-0.2, 0) is 0 Å². The Balaban J connectivity index is 2.17. The summed E-state index contributed by atoms with van der Waals surface area (Å²) < 4.78 is 0. The number of anilines is 1. The van der Waals surface area contributed by atoms with Gasteiger partial charge in [0.2, 0.25) is 0 Å². The summed E-state index contributed by atoms with van der Waals surface area (Å²) in [5.41, 5.74) is 3.27. The van der Waals surface area contributed by atoms with Gasteiger partial charge in [0.15, 0.2) is 0 Å². The standard InChI is InChI=1S/C15H20N4/c1-10(2)13-8-14(18-9-17-13)19-12(4)15-11(3)6-5-7-16-15/h5-10,12H,1-4H3,(H,17,18,19)/t12-/m0/s1. The maximum absolute atomic E-state index is 4.43. The average molecular weight is 256 g/mol. The van der Waals surface area contributed by atoms with E-state index in [2.05, 4.69) is 54.0 Å². The van der Waals surface area contributed by atoms with Crippen molar-refractivity contribution in [1.29, 1.82) is 0 Å². The molecule has 19 heavy (non-hydrogen) atoms. The van der Waals surface area contributed by atoms with Gasteiger partial charge in [-0.25, -0.2) is 9.97 Å². The van der Waals surface area contributed by atoms with Gasteiger partial charge in [-0.3, -0.25) is 4.98 Å². The van der Waals surface area contributed by atoms with E-state index in [1.54, 1.807) is 6.33 Å². The van der Waals surface area contributed by atoms with Crippen molar-refractivity contribution >= 4 is 5.82 Å². The zero-order valence-corrected chi connectivity index (χ0v) is 11.9. The Hall–Kier alpha value is -1.97. The Bertz CT molecular complexity index is 551. The summed E-state index contributed by atoms with van der Waals surface area (Å²) in [6.07, 6.45) is 3.43. The van der Waals surface area contributed by atoms with Crippen LogP contribution < -0.4 is 5.32 Å². The fraction of sp³-hybridized carbons (Fsp3) is 0.400. The topological polar surface area (TPSA) is 50.7 Å². The van der Waals surface area contributed by atoms with Gasteiger partial charge in [-0.15, -0.1) is 0 Å². The molecule has 4 heteroatoms. The highest BCUT2D eigenvalue weighted by molar-refractivity contribution is 5.39. The van der Waals surface area contributed by atoms with Crippen LogP contribution in [0.15, 0.2) is 30.7 Å². The summed E-state index contributed by atoms with van der Waals surface area (Å²) >= 11 is 0. The molecular formula is C15H20N4. The molecule has 0 amide bonds. The molecule has 1 atom stereocenters. The van der Waals surface area contributed by atoms with Crippen LogP contribution in [0.25, 0.3) is 0 Å². The number of rotatable bonds is 4. The molecule has 1 N–H and O–H groups in total. The van der Waals surface area contributed by atoms with Crippen LogP contribution in [0.4, 0.5) is 5.82 Å². The van der Waals surface area contributed by atoms with E-state index < -0.39 is 0 Å². The number of pyridine rings is 1. The van der Waals surface area contributed by atoms with Crippen LogP contribution >= 0.6 is 0 Å². The lowest BCUT2D eigenvalue weighted by molar-refractivity contribution is 0.796. The molecule has 0 saturated carbocycles.